The molecule has 0 aliphatic heterocycles. The van der Waals surface area contributed by atoms with Gasteiger partial charge in [0.1, 0.15) is 0 Å². The van der Waals surface area contributed by atoms with Crippen LogP contribution in [-0.4, -0.2) is 43.3 Å². The Kier molecular flexibility index (Phi) is 15.8. The van der Waals surface area contributed by atoms with Crippen molar-refractivity contribution in [3.63, 3.8) is 0 Å². The highest BCUT2D eigenvalue weighted by molar-refractivity contribution is 6.99. The quantitative estimate of drug-likeness (QED) is 0.167. The summed E-state index contributed by atoms with van der Waals surface area (Å²) in [5.41, 5.74) is 1.91. The molecule has 0 spiro atoms. The maximum absolute atomic E-state index is 7.78. The van der Waals surface area contributed by atoms with E-state index in [4.69, 9.17) is 13.3 Å². The van der Waals surface area contributed by atoms with E-state index in [1.165, 1.54) is 35.2 Å². The molecule has 2 aromatic carbocycles. The van der Waals surface area contributed by atoms with E-state index < -0.39 is 25.0 Å². The largest absolute Gasteiger partial charge is 0.414 e. The first-order valence-corrected chi connectivity index (χ1v) is 31.2. The molecular formula is C53H90O3Si3. The summed E-state index contributed by atoms with van der Waals surface area (Å²) in [5, 5.41) is 3.09. The Balaban J connectivity index is 1.53. The van der Waals surface area contributed by atoms with Gasteiger partial charge in [-0.3, -0.25) is 0 Å². The third kappa shape index (κ3) is 11.2. The minimum atomic E-state index is -2.64. The van der Waals surface area contributed by atoms with Crippen LogP contribution in [0.5, 0.6) is 0 Å². The van der Waals surface area contributed by atoms with E-state index in [2.05, 4.69) is 209 Å². The Hall–Kier alpha value is -1.55. The van der Waals surface area contributed by atoms with Crippen LogP contribution in [0.2, 0.25) is 41.3 Å². The van der Waals surface area contributed by atoms with Gasteiger partial charge in [-0.1, -0.05) is 188 Å². The number of benzene rings is 2. The predicted molar refractivity (Wildman–Crippen MR) is 266 cm³/mol. The molecule has 4 rings (SSSR count). The molecule has 6 atom stereocenters. The van der Waals surface area contributed by atoms with Crippen LogP contribution in [0.1, 0.15) is 149 Å². The highest BCUT2D eigenvalue weighted by atomic mass is 28.4. The first kappa shape index (κ1) is 50.1. The van der Waals surface area contributed by atoms with Crippen LogP contribution in [0, 0.1) is 28.6 Å². The van der Waals surface area contributed by atoms with E-state index >= 15 is 0 Å². The van der Waals surface area contributed by atoms with E-state index in [0.717, 1.165) is 25.7 Å². The van der Waals surface area contributed by atoms with E-state index in [-0.39, 0.29) is 44.3 Å². The predicted octanol–water partition coefficient (Wildman–Crippen LogP) is 14.9. The van der Waals surface area contributed by atoms with Gasteiger partial charge >= 0.3 is 0 Å². The standard InChI is InChI=1S/C53H90O3Si3/c1-40(2)48(56-59(51(10,11)12,46-29-22-20-23-30-46)47-31-24-21-25-32-47)34-33-41(3)53(15)36-35-43(52(53,13)14)28-26-27-42-37-44(54-57(16,17)49(4,5)6)39-45(38-42)55-58(18,19)50(7,8)9/h20-32,40-41,43-45,48H,33-39H2,1-19H3/b28-26+/t41-,43+,44+,45+,48-,53+/m0/s1. The molecule has 0 heterocycles. The fourth-order valence-electron chi connectivity index (χ4n) is 9.92. The van der Waals surface area contributed by atoms with Crippen molar-refractivity contribution in [2.45, 2.75) is 208 Å². The van der Waals surface area contributed by atoms with Crippen LogP contribution in [0.15, 0.2) is 84.5 Å². The Labute approximate surface area is 368 Å². The van der Waals surface area contributed by atoms with Gasteiger partial charge in [0.25, 0.3) is 8.32 Å². The molecule has 2 saturated carbocycles. The molecule has 2 fully saturated rings. The van der Waals surface area contributed by atoms with Crippen molar-refractivity contribution in [3.8, 4) is 0 Å². The molecule has 0 amide bonds. The minimum Gasteiger partial charge on any atom is -0.414 e. The molecule has 0 N–H and O–H groups in total. The molecule has 0 bridgehead atoms. The Bertz CT molecular complexity index is 1610. The molecule has 332 valence electrons. The second kappa shape index (κ2) is 18.7. The van der Waals surface area contributed by atoms with Crippen molar-refractivity contribution in [2.24, 2.45) is 28.6 Å². The zero-order valence-electron chi connectivity index (χ0n) is 41.6. The van der Waals surface area contributed by atoms with Gasteiger partial charge in [-0.05, 0) is 125 Å². The van der Waals surface area contributed by atoms with E-state index in [0.29, 0.717) is 17.8 Å². The summed E-state index contributed by atoms with van der Waals surface area (Å²) in [4.78, 5) is 0. The highest BCUT2D eigenvalue weighted by Crippen LogP contribution is 2.61. The van der Waals surface area contributed by atoms with Gasteiger partial charge in [-0.2, -0.15) is 0 Å². The summed E-state index contributed by atoms with van der Waals surface area (Å²) >= 11 is 0. The summed E-state index contributed by atoms with van der Waals surface area (Å²) in [7, 11) is -6.47. The summed E-state index contributed by atoms with van der Waals surface area (Å²) in [6.45, 7) is 46.0. The number of allylic oxidation sites excluding steroid dienone is 3. The molecule has 6 heteroatoms. The summed E-state index contributed by atoms with van der Waals surface area (Å²) in [6, 6.07) is 22.4. The molecule has 0 saturated heterocycles. The van der Waals surface area contributed by atoms with Crippen LogP contribution < -0.4 is 10.4 Å². The Morgan fingerprint density at radius 1 is 0.678 bits per heavy atom. The van der Waals surface area contributed by atoms with Crippen molar-refractivity contribution >= 4 is 35.3 Å². The molecule has 2 aliphatic carbocycles. The topological polar surface area (TPSA) is 27.7 Å². The van der Waals surface area contributed by atoms with Crippen LogP contribution in [-0.2, 0) is 13.3 Å². The van der Waals surface area contributed by atoms with Crippen LogP contribution in [0.4, 0.5) is 0 Å². The van der Waals surface area contributed by atoms with Gasteiger partial charge in [-0.25, -0.2) is 0 Å². The van der Waals surface area contributed by atoms with Crippen molar-refractivity contribution in [3.05, 3.63) is 84.5 Å². The second-order valence-electron chi connectivity index (χ2n) is 24.2. The fourth-order valence-corrected chi connectivity index (χ4v) is 17.5. The number of hydrogen-bond acceptors (Lipinski definition) is 3. The molecule has 59 heavy (non-hydrogen) atoms. The maximum atomic E-state index is 7.78. The lowest BCUT2D eigenvalue weighted by molar-refractivity contribution is 0.0298. The second-order valence-corrected chi connectivity index (χ2v) is 37.9. The lowest BCUT2D eigenvalue weighted by atomic mass is 9.59. The zero-order chi connectivity index (χ0) is 44.5. The third-order valence-corrected chi connectivity index (χ3v) is 30.7. The number of hydrogen-bond donors (Lipinski definition) is 0. The summed E-state index contributed by atoms with van der Waals surface area (Å²) in [5.74, 6) is 1.55. The summed E-state index contributed by atoms with van der Waals surface area (Å²) < 4.78 is 22.0. The first-order valence-electron chi connectivity index (χ1n) is 23.5. The first-order chi connectivity index (χ1) is 27.0. The van der Waals surface area contributed by atoms with E-state index in [9.17, 15) is 0 Å². The van der Waals surface area contributed by atoms with Gasteiger partial charge in [0, 0.05) is 6.10 Å². The normalized spacial score (nSPS) is 24.8. The number of rotatable bonds is 15. The molecule has 0 radical (unpaired) electrons. The van der Waals surface area contributed by atoms with Crippen LogP contribution in [0.25, 0.3) is 0 Å². The van der Waals surface area contributed by atoms with Crippen molar-refractivity contribution < 1.29 is 13.3 Å². The monoisotopic (exact) mass is 859 g/mol. The van der Waals surface area contributed by atoms with Gasteiger partial charge in [0.05, 0.1) is 12.2 Å². The van der Waals surface area contributed by atoms with Gasteiger partial charge in [0.15, 0.2) is 16.6 Å². The lowest BCUT2D eigenvalue weighted by Crippen LogP contribution is -2.68. The average Bonchev–Trinajstić information content (AvgIpc) is 3.34. The molecule has 0 unspecified atom stereocenters. The lowest BCUT2D eigenvalue weighted by Gasteiger charge is -2.48. The molecule has 2 aromatic rings. The fraction of sp³-hybridized carbons (Fsp3) is 0.698. The molecule has 3 nitrogen and oxygen atoms in total. The van der Waals surface area contributed by atoms with Crippen molar-refractivity contribution in [1.82, 2.24) is 0 Å². The Morgan fingerprint density at radius 2 is 1.14 bits per heavy atom. The van der Waals surface area contributed by atoms with Crippen LogP contribution in [0.3, 0.4) is 0 Å². The molecule has 0 aromatic heterocycles. The smallest absolute Gasteiger partial charge is 0.261 e. The van der Waals surface area contributed by atoms with E-state index in [1.807, 2.05) is 0 Å². The Morgan fingerprint density at radius 3 is 1.54 bits per heavy atom. The van der Waals surface area contributed by atoms with E-state index in [1.54, 1.807) is 0 Å². The summed E-state index contributed by atoms with van der Waals surface area (Å²) in [6.07, 6.45) is 15.9. The molecular weight excluding hydrogens is 769 g/mol. The molecule has 2 aliphatic rings. The third-order valence-electron chi connectivity index (χ3n) is 16.5. The SMILES string of the molecule is CC(C)[C@H](CC[C@H](C)[C@@]1(C)CC[C@@H](/C=C/C=C2C[C@@H](O[Si](C)(C)C(C)(C)C)C[C@H](O[Si](C)(C)C(C)(C)C)C2)C1(C)C)O[Si](c1ccccc1)(c1ccccc1)C(C)(C)C. The van der Waals surface area contributed by atoms with Gasteiger partial charge < -0.3 is 13.3 Å². The van der Waals surface area contributed by atoms with Crippen LogP contribution >= 0.6 is 0 Å². The highest BCUT2D eigenvalue weighted by Gasteiger charge is 2.54. The zero-order valence-corrected chi connectivity index (χ0v) is 44.6. The minimum absolute atomic E-state index is 0.0300. The van der Waals surface area contributed by atoms with Gasteiger partial charge in [0.2, 0.25) is 0 Å². The van der Waals surface area contributed by atoms with Crippen molar-refractivity contribution in [2.75, 3.05) is 0 Å². The maximum Gasteiger partial charge on any atom is 0.261 e. The van der Waals surface area contributed by atoms with Crippen molar-refractivity contribution in [1.29, 1.82) is 0 Å². The van der Waals surface area contributed by atoms with Gasteiger partial charge in [-0.15, -0.1) is 0 Å². The average molecular weight is 860 g/mol.